The lowest BCUT2D eigenvalue weighted by Crippen LogP contribution is -2.06. The minimum atomic E-state index is 0. The Labute approximate surface area is 106 Å². The number of hydrogen-bond donors (Lipinski definition) is 2. The van der Waals surface area contributed by atoms with Crippen molar-refractivity contribution in [3.8, 4) is 11.1 Å². The van der Waals surface area contributed by atoms with Gasteiger partial charge in [0.2, 0.25) is 0 Å². The Kier molecular flexibility index (Phi) is 4.62. The first kappa shape index (κ1) is 12.8. The third-order valence-corrected chi connectivity index (χ3v) is 2.42. The predicted octanol–water partition coefficient (Wildman–Crippen LogP) is 3.71. The zero-order chi connectivity index (χ0) is 10.7. The molecule has 0 bridgehead atoms. The van der Waals surface area contributed by atoms with Crippen molar-refractivity contribution in [2.24, 2.45) is 5.84 Å². The van der Waals surface area contributed by atoms with Gasteiger partial charge in [0.15, 0.2) is 0 Å². The summed E-state index contributed by atoms with van der Waals surface area (Å²) in [5.74, 6) is 5.35. The Morgan fingerprint density at radius 1 is 0.938 bits per heavy atom. The molecule has 0 aliphatic heterocycles. The summed E-state index contributed by atoms with van der Waals surface area (Å²) < 4.78 is 0. The first-order chi connectivity index (χ1) is 7.29. The first-order valence-corrected chi connectivity index (χ1v) is 5.00. The minimum Gasteiger partial charge on any atom is -0.324 e. The zero-order valence-electron chi connectivity index (χ0n) is 8.48. The van der Waals surface area contributed by atoms with E-state index in [0.29, 0.717) is 0 Å². The molecule has 0 aromatic heterocycles. The van der Waals surface area contributed by atoms with Crippen LogP contribution < -0.4 is 11.3 Å². The molecule has 4 heteroatoms. The van der Waals surface area contributed by atoms with Gasteiger partial charge in [0.25, 0.3) is 0 Å². The summed E-state index contributed by atoms with van der Waals surface area (Å²) in [7, 11) is 0. The summed E-state index contributed by atoms with van der Waals surface area (Å²) in [5, 5.41) is 0.735. The van der Waals surface area contributed by atoms with Crippen molar-refractivity contribution in [2.75, 3.05) is 5.43 Å². The number of nitrogens with one attached hydrogen (secondary N) is 1. The molecule has 0 heterocycles. The van der Waals surface area contributed by atoms with Crippen molar-refractivity contribution < 1.29 is 0 Å². The third kappa shape index (κ3) is 2.89. The van der Waals surface area contributed by atoms with Crippen LogP contribution in [0.15, 0.2) is 48.5 Å². The van der Waals surface area contributed by atoms with Crippen molar-refractivity contribution in [1.82, 2.24) is 0 Å². The lowest BCUT2D eigenvalue weighted by Gasteiger charge is -2.05. The molecule has 2 nitrogen and oxygen atoms in total. The second-order valence-electron chi connectivity index (χ2n) is 3.24. The number of hydrogen-bond acceptors (Lipinski definition) is 2. The van der Waals surface area contributed by atoms with Crippen LogP contribution in [0, 0.1) is 0 Å². The number of rotatable bonds is 2. The van der Waals surface area contributed by atoms with Crippen LogP contribution in [0.3, 0.4) is 0 Å². The third-order valence-electron chi connectivity index (χ3n) is 2.19. The Balaban J connectivity index is 0.00000128. The van der Waals surface area contributed by atoms with Crippen LogP contribution in [-0.4, -0.2) is 0 Å². The van der Waals surface area contributed by atoms with Gasteiger partial charge in [-0.25, -0.2) is 0 Å². The SMILES string of the molecule is Cl.NNc1cccc(-c2cccc(Cl)c2)c1. The van der Waals surface area contributed by atoms with E-state index in [0.717, 1.165) is 21.8 Å². The second kappa shape index (κ2) is 5.75. The molecule has 3 N–H and O–H groups in total. The number of benzene rings is 2. The number of anilines is 1. The van der Waals surface area contributed by atoms with Gasteiger partial charge in [0.05, 0.1) is 0 Å². The van der Waals surface area contributed by atoms with E-state index in [1.165, 1.54) is 0 Å². The maximum Gasteiger partial charge on any atom is 0.0491 e. The van der Waals surface area contributed by atoms with Gasteiger partial charge in [-0.3, -0.25) is 5.84 Å². The van der Waals surface area contributed by atoms with Gasteiger partial charge in [0.1, 0.15) is 0 Å². The van der Waals surface area contributed by atoms with Gasteiger partial charge in [-0.2, -0.15) is 0 Å². The molecule has 2 aromatic rings. The Bertz CT molecular complexity index is 472. The highest BCUT2D eigenvalue weighted by atomic mass is 35.5. The normalized spacial score (nSPS) is 9.38. The Hall–Kier alpha value is -1.22. The van der Waals surface area contributed by atoms with E-state index in [9.17, 15) is 0 Å². The largest absolute Gasteiger partial charge is 0.324 e. The van der Waals surface area contributed by atoms with Crippen LogP contribution in [0.2, 0.25) is 5.02 Å². The summed E-state index contributed by atoms with van der Waals surface area (Å²) in [4.78, 5) is 0. The highest BCUT2D eigenvalue weighted by Gasteiger charge is 1.98. The lowest BCUT2D eigenvalue weighted by molar-refractivity contribution is 1.35. The standard InChI is InChI=1S/C12H11ClN2.ClH/c13-11-5-1-3-9(7-11)10-4-2-6-12(8-10)15-14;/h1-8,15H,14H2;1H. The molecular formula is C12H12Cl2N2. The average molecular weight is 255 g/mol. The predicted molar refractivity (Wildman–Crippen MR) is 71.9 cm³/mol. The fraction of sp³-hybridized carbons (Fsp3) is 0. The van der Waals surface area contributed by atoms with Gasteiger partial charge in [-0.1, -0.05) is 35.9 Å². The molecule has 0 radical (unpaired) electrons. The van der Waals surface area contributed by atoms with E-state index in [-0.39, 0.29) is 12.4 Å². The summed E-state index contributed by atoms with van der Waals surface area (Å²) in [5.41, 5.74) is 5.67. The number of halogens is 2. The summed E-state index contributed by atoms with van der Waals surface area (Å²) in [6.45, 7) is 0. The Morgan fingerprint density at radius 3 is 2.19 bits per heavy atom. The molecule has 0 aliphatic carbocycles. The van der Waals surface area contributed by atoms with Crippen molar-refractivity contribution in [3.63, 3.8) is 0 Å². The van der Waals surface area contributed by atoms with Crippen molar-refractivity contribution in [3.05, 3.63) is 53.6 Å². The summed E-state index contributed by atoms with van der Waals surface area (Å²) in [6.07, 6.45) is 0. The van der Waals surface area contributed by atoms with Gasteiger partial charge in [-0.15, -0.1) is 12.4 Å². The molecule has 2 aromatic carbocycles. The van der Waals surface area contributed by atoms with E-state index in [1.807, 2.05) is 48.5 Å². The average Bonchev–Trinajstić information content (AvgIpc) is 2.29. The highest BCUT2D eigenvalue weighted by Crippen LogP contribution is 2.24. The van der Waals surface area contributed by atoms with Crippen molar-refractivity contribution in [2.45, 2.75) is 0 Å². The molecule has 84 valence electrons. The van der Waals surface area contributed by atoms with Crippen LogP contribution in [0.25, 0.3) is 11.1 Å². The summed E-state index contributed by atoms with van der Waals surface area (Å²) >= 11 is 5.93. The van der Waals surface area contributed by atoms with Gasteiger partial charge < -0.3 is 5.43 Å². The molecule has 0 aliphatic rings. The first-order valence-electron chi connectivity index (χ1n) is 4.62. The second-order valence-corrected chi connectivity index (χ2v) is 3.67. The minimum absolute atomic E-state index is 0. The molecule has 0 saturated heterocycles. The van der Waals surface area contributed by atoms with Crippen molar-refractivity contribution >= 4 is 29.7 Å². The molecule has 0 atom stereocenters. The maximum atomic E-state index is 5.93. The number of nitrogen functional groups attached to an aromatic ring is 1. The van der Waals surface area contributed by atoms with E-state index in [4.69, 9.17) is 17.4 Å². The fourth-order valence-corrected chi connectivity index (χ4v) is 1.65. The topological polar surface area (TPSA) is 38.0 Å². The van der Waals surface area contributed by atoms with Crippen LogP contribution in [0.5, 0.6) is 0 Å². The lowest BCUT2D eigenvalue weighted by atomic mass is 10.1. The number of hydrazine groups is 1. The van der Waals surface area contributed by atoms with Gasteiger partial charge in [-0.05, 0) is 35.4 Å². The molecular weight excluding hydrogens is 243 g/mol. The quantitative estimate of drug-likeness (QED) is 0.634. The van der Waals surface area contributed by atoms with Gasteiger partial charge in [0, 0.05) is 10.7 Å². The van der Waals surface area contributed by atoms with E-state index in [2.05, 4.69) is 5.43 Å². The molecule has 0 unspecified atom stereocenters. The fourth-order valence-electron chi connectivity index (χ4n) is 1.46. The van der Waals surface area contributed by atoms with Crippen LogP contribution in [0.1, 0.15) is 0 Å². The van der Waals surface area contributed by atoms with Gasteiger partial charge >= 0.3 is 0 Å². The number of nitrogens with two attached hydrogens (primary N) is 1. The molecule has 0 fully saturated rings. The molecule has 16 heavy (non-hydrogen) atoms. The van der Waals surface area contributed by atoms with Crippen LogP contribution >= 0.6 is 24.0 Å². The zero-order valence-corrected chi connectivity index (χ0v) is 10.1. The van der Waals surface area contributed by atoms with Crippen LogP contribution in [0.4, 0.5) is 5.69 Å². The molecule has 2 rings (SSSR count). The maximum absolute atomic E-state index is 5.93. The monoisotopic (exact) mass is 254 g/mol. The molecule has 0 spiro atoms. The van der Waals surface area contributed by atoms with E-state index >= 15 is 0 Å². The van der Waals surface area contributed by atoms with E-state index in [1.54, 1.807) is 0 Å². The molecule has 0 amide bonds. The van der Waals surface area contributed by atoms with Crippen molar-refractivity contribution in [1.29, 1.82) is 0 Å². The van der Waals surface area contributed by atoms with E-state index < -0.39 is 0 Å². The Morgan fingerprint density at radius 2 is 1.56 bits per heavy atom. The molecule has 0 saturated carbocycles. The van der Waals surface area contributed by atoms with Crippen LogP contribution in [-0.2, 0) is 0 Å². The smallest absolute Gasteiger partial charge is 0.0491 e. The summed E-state index contributed by atoms with van der Waals surface area (Å²) in [6, 6.07) is 15.6. The highest BCUT2D eigenvalue weighted by molar-refractivity contribution is 6.30.